The number of benzene rings is 1. The Kier molecular flexibility index (Phi) is 3.95. The van der Waals surface area contributed by atoms with Gasteiger partial charge in [-0.1, -0.05) is 21.1 Å². The molecule has 10 heteroatoms. The van der Waals surface area contributed by atoms with Gasteiger partial charge in [-0.05, 0) is 18.2 Å². The lowest BCUT2D eigenvalue weighted by Crippen LogP contribution is -2.19. The van der Waals surface area contributed by atoms with Gasteiger partial charge in [-0.25, -0.2) is 8.42 Å². The van der Waals surface area contributed by atoms with Gasteiger partial charge in [-0.3, -0.25) is 9.82 Å². The molecule has 2 rings (SSSR count). The fourth-order valence-electron chi connectivity index (χ4n) is 1.47. The van der Waals surface area contributed by atoms with Crippen molar-refractivity contribution in [3.05, 3.63) is 40.6 Å². The summed E-state index contributed by atoms with van der Waals surface area (Å²) in [6.07, 6.45) is 2.41. The van der Waals surface area contributed by atoms with Crippen molar-refractivity contribution in [2.45, 2.75) is 4.90 Å². The molecule has 106 valence electrons. The number of amidine groups is 1. The number of hydrogen-bond acceptors (Lipinski definition) is 5. The Labute approximate surface area is 122 Å². The van der Waals surface area contributed by atoms with Gasteiger partial charge in [0.15, 0.2) is 5.84 Å². The lowest BCUT2D eigenvalue weighted by Gasteiger charge is -2.11. The lowest BCUT2D eigenvalue weighted by molar-refractivity contribution is 0.318. The largest absolute Gasteiger partial charge is 0.409 e. The van der Waals surface area contributed by atoms with E-state index in [9.17, 15) is 8.42 Å². The molecular weight excluding hydrogens is 350 g/mol. The van der Waals surface area contributed by atoms with Crippen molar-refractivity contribution in [1.82, 2.24) is 10.2 Å². The van der Waals surface area contributed by atoms with Gasteiger partial charge in [0.1, 0.15) is 4.90 Å². The minimum Gasteiger partial charge on any atom is -0.409 e. The summed E-state index contributed by atoms with van der Waals surface area (Å²) in [5, 5.41) is 17.6. The molecule has 0 saturated carbocycles. The second-order valence-electron chi connectivity index (χ2n) is 3.71. The molecule has 0 radical (unpaired) electrons. The van der Waals surface area contributed by atoms with Crippen LogP contribution in [0.25, 0.3) is 0 Å². The summed E-state index contributed by atoms with van der Waals surface area (Å²) >= 11 is 3.23. The van der Waals surface area contributed by atoms with E-state index in [1.165, 1.54) is 24.5 Å². The van der Waals surface area contributed by atoms with E-state index in [1.807, 2.05) is 0 Å². The number of aromatic amines is 1. The molecule has 2 aromatic rings. The van der Waals surface area contributed by atoms with E-state index in [2.05, 4.69) is 36.0 Å². The Morgan fingerprint density at radius 3 is 2.85 bits per heavy atom. The summed E-state index contributed by atoms with van der Waals surface area (Å²) in [6, 6.07) is 4.67. The molecule has 8 nitrogen and oxygen atoms in total. The maximum absolute atomic E-state index is 12.1. The van der Waals surface area contributed by atoms with Crippen molar-refractivity contribution in [2.75, 3.05) is 4.72 Å². The van der Waals surface area contributed by atoms with Crippen molar-refractivity contribution in [2.24, 2.45) is 10.9 Å². The number of sulfonamides is 1. The maximum atomic E-state index is 12.1. The molecule has 1 aromatic carbocycles. The third kappa shape index (κ3) is 2.91. The second-order valence-corrected chi connectivity index (χ2v) is 6.31. The van der Waals surface area contributed by atoms with Crippen LogP contribution in [0.3, 0.4) is 0 Å². The fraction of sp³-hybridized carbons (Fsp3) is 0. The van der Waals surface area contributed by atoms with Crippen LogP contribution in [0.4, 0.5) is 5.69 Å². The quantitative estimate of drug-likeness (QED) is 0.280. The smallest absolute Gasteiger partial charge is 0.265 e. The molecule has 0 spiro atoms. The zero-order valence-corrected chi connectivity index (χ0v) is 12.3. The molecule has 0 amide bonds. The molecule has 0 aliphatic carbocycles. The zero-order valence-electron chi connectivity index (χ0n) is 9.91. The Hall–Kier alpha value is -2.07. The van der Waals surface area contributed by atoms with Crippen LogP contribution in [0.1, 0.15) is 5.56 Å². The number of anilines is 1. The first kappa shape index (κ1) is 14.3. The molecule has 0 aliphatic rings. The summed E-state index contributed by atoms with van der Waals surface area (Å²) in [4.78, 5) is -0.0251. The number of oxime groups is 1. The van der Waals surface area contributed by atoms with Gasteiger partial charge >= 0.3 is 0 Å². The molecule has 5 N–H and O–H groups in total. The second kappa shape index (κ2) is 5.51. The van der Waals surface area contributed by atoms with Gasteiger partial charge in [0, 0.05) is 16.2 Å². The number of hydrogen-bond donors (Lipinski definition) is 4. The Bertz CT molecular complexity index is 742. The number of halogens is 1. The summed E-state index contributed by atoms with van der Waals surface area (Å²) in [6.45, 7) is 0. The standard InChI is InChI=1S/C10H10BrN5O3S/c11-6-1-2-8(10(12)15-17)9(3-6)16-20(18,19)7-4-13-14-5-7/h1-5,16-17H,(H2,12,15)(H,13,14). The van der Waals surface area contributed by atoms with Gasteiger partial charge in [0.25, 0.3) is 10.0 Å². The third-order valence-corrected chi connectivity index (χ3v) is 4.22. The number of rotatable bonds is 4. The van der Waals surface area contributed by atoms with E-state index in [0.29, 0.717) is 4.47 Å². The molecule has 20 heavy (non-hydrogen) atoms. The average molecular weight is 360 g/mol. The normalized spacial score (nSPS) is 12.3. The highest BCUT2D eigenvalue weighted by Gasteiger charge is 2.18. The highest BCUT2D eigenvalue weighted by molar-refractivity contribution is 9.10. The van der Waals surface area contributed by atoms with Gasteiger partial charge in [-0.2, -0.15) is 5.10 Å². The Balaban J connectivity index is 2.46. The number of nitrogens with one attached hydrogen (secondary N) is 2. The third-order valence-electron chi connectivity index (χ3n) is 2.39. The van der Waals surface area contributed by atoms with E-state index in [1.54, 1.807) is 6.07 Å². The lowest BCUT2D eigenvalue weighted by atomic mass is 10.2. The zero-order chi connectivity index (χ0) is 14.8. The van der Waals surface area contributed by atoms with Crippen molar-refractivity contribution in [3.8, 4) is 0 Å². The van der Waals surface area contributed by atoms with Crippen LogP contribution in [0.15, 0.2) is 45.1 Å². The number of nitrogens with two attached hydrogens (primary N) is 1. The number of aromatic nitrogens is 2. The highest BCUT2D eigenvalue weighted by atomic mass is 79.9. The molecule has 0 aliphatic heterocycles. The van der Waals surface area contributed by atoms with E-state index >= 15 is 0 Å². The molecule has 0 fully saturated rings. The van der Waals surface area contributed by atoms with Crippen LogP contribution in [0.2, 0.25) is 0 Å². The van der Waals surface area contributed by atoms with E-state index in [-0.39, 0.29) is 22.0 Å². The summed E-state index contributed by atoms with van der Waals surface area (Å²) in [5.74, 6) is -0.206. The Morgan fingerprint density at radius 1 is 1.50 bits per heavy atom. The first-order valence-electron chi connectivity index (χ1n) is 5.23. The molecule has 1 aromatic heterocycles. The van der Waals surface area contributed by atoms with Gasteiger partial charge < -0.3 is 10.9 Å². The number of nitrogens with zero attached hydrogens (tertiary/aromatic N) is 2. The minimum absolute atomic E-state index is 0.0251. The SMILES string of the molecule is N/C(=N/O)c1ccc(Br)cc1NS(=O)(=O)c1cn[nH]c1. The first-order valence-corrected chi connectivity index (χ1v) is 7.50. The topological polar surface area (TPSA) is 133 Å². The van der Waals surface area contributed by atoms with E-state index in [4.69, 9.17) is 10.9 Å². The van der Waals surface area contributed by atoms with Crippen molar-refractivity contribution in [3.63, 3.8) is 0 Å². The monoisotopic (exact) mass is 359 g/mol. The molecule has 1 heterocycles. The fourth-order valence-corrected chi connectivity index (χ4v) is 2.80. The van der Waals surface area contributed by atoms with Crippen LogP contribution in [-0.4, -0.2) is 29.7 Å². The first-order chi connectivity index (χ1) is 9.44. The van der Waals surface area contributed by atoms with Crippen LogP contribution in [0.5, 0.6) is 0 Å². The molecule has 0 saturated heterocycles. The van der Waals surface area contributed by atoms with Crippen LogP contribution in [-0.2, 0) is 10.0 Å². The highest BCUT2D eigenvalue weighted by Crippen LogP contribution is 2.24. The minimum atomic E-state index is -3.81. The van der Waals surface area contributed by atoms with Crippen molar-refractivity contribution >= 4 is 37.5 Å². The molecule has 0 bridgehead atoms. The van der Waals surface area contributed by atoms with Gasteiger partial charge in [-0.15, -0.1) is 0 Å². The predicted molar refractivity (Wildman–Crippen MR) is 76.0 cm³/mol. The number of H-pyrrole nitrogens is 1. The van der Waals surface area contributed by atoms with Gasteiger partial charge in [0.2, 0.25) is 0 Å². The van der Waals surface area contributed by atoms with E-state index < -0.39 is 10.0 Å². The average Bonchev–Trinajstić information content (AvgIpc) is 2.92. The maximum Gasteiger partial charge on any atom is 0.265 e. The van der Waals surface area contributed by atoms with Crippen LogP contribution >= 0.6 is 15.9 Å². The Morgan fingerprint density at radius 2 is 2.25 bits per heavy atom. The van der Waals surface area contributed by atoms with Gasteiger partial charge in [0.05, 0.1) is 11.9 Å². The predicted octanol–water partition coefficient (Wildman–Crippen LogP) is 1.07. The van der Waals surface area contributed by atoms with E-state index in [0.717, 1.165) is 0 Å². The molecule has 0 atom stereocenters. The van der Waals surface area contributed by atoms with Crippen LogP contribution in [0, 0.1) is 0 Å². The van der Waals surface area contributed by atoms with Crippen molar-refractivity contribution in [1.29, 1.82) is 0 Å². The summed E-state index contributed by atoms with van der Waals surface area (Å²) < 4.78 is 27.2. The van der Waals surface area contributed by atoms with Crippen molar-refractivity contribution < 1.29 is 13.6 Å². The molecule has 0 unspecified atom stereocenters. The molecular formula is C10H10BrN5O3S. The summed E-state index contributed by atoms with van der Waals surface area (Å²) in [5.41, 5.74) is 5.94. The van der Waals surface area contributed by atoms with Crippen LogP contribution < -0.4 is 10.5 Å². The summed E-state index contributed by atoms with van der Waals surface area (Å²) in [7, 11) is -3.81.